The summed E-state index contributed by atoms with van der Waals surface area (Å²) in [7, 11) is 0. The molecule has 29 heavy (non-hydrogen) atoms. The summed E-state index contributed by atoms with van der Waals surface area (Å²) >= 11 is 0. The van der Waals surface area contributed by atoms with E-state index < -0.39 is 0 Å². The second-order valence-electron chi connectivity index (χ2n) is 7.22. The van der Waals surface area contributed by atoms with Crippen LogP contribution in [0.1, 0.15) is 35.7 Å². The first-order valence-electron chi connectivity index (χ1n) is 9.76. The van der Waals surface area contributed by atoms with Crippen molar-refractivity contribution in [3.05, 3.63) is 76.7 Å². The molecule has 0 atom stereocenters. The molecule has 0 saturated heterocycles. The van der Waals surface area contributed by atoms with E-state index in [1.54, 1.807) is 17.0 Å². The molecule has 2 aromatic carbocycles. The fourth-order valence-electron chi connectivity index (χ4n) is 3.15. The third kappa shape index (κ3) is 5.44. The minimum absolute atomic E-state index is 0.188. The predicted molar refractivity (Wildman–Crippen MR) is 111 cm³/mol. The SMILES string of the molecule is CCCNC(=O)N(Cc1ccc(F)cc1)Cc1cc(-c2ccc(C)cc2C)on1. The number of aromatic nitrogens is 1. The maximum absolute atomic E-state index is 13.2. The summed E-state index contributed by atoms with van der Waals surface area (Å²) in [5, 5.41) is 7.05. The molecule has 3 rings (SSSR count). The molecule has 0 aliphatic carbocycles. The van der Waals surface area contributed by atoms with Gasteiger partial charge in [0.1, 0.15) is 11.5 Å². The normalized spacial score (nSPS) is 10.8. The number of nitrogens with one attached hydrogen (secondary N) is 1. The first-order valence-corrected chi connectivity index (χ1v) is 9.76. The molecule has 1 N–H and O–H groups in total. The number of urea groups is 1. The van der Waals surface area contributed by atoms with Gasteiger partial charge in [-0.3, -0.25) is 0 Å². The summed E-state index contributed by atoms with van der Waals surface area (Å²) in [5.74, 6) is 0.374. The molecular formula is C23H26FN3O2. The van der Waals surface area contributed by atoms with Gasteiger partial charge in [0.15, 0.2) is 5.76 Å². The molecule has 152 valence electrons. The smallest absolute Gasteiger partial charge is 0.318 e. The van der Waals surface area contributed by atoms with Gasteiger partial charge in [0.05, 0.1) is 6.54 Å². The summed E-state index contributed by atoms with van der Waals surface area (Å²) in [6, 6.07) is 14.0. The van der Waals surface area contributed by atoms with Crippen molar-refractivity contribution in [2.24, 2.45) is 0 Å². The van der Waals surface area contributed by atoms with Crippen molar-refractivity contribution in [2.75, 3.05) is 6.54 Å². The highest BCUT2D eigenvalue weighted by atomic mass is 19.1. The zero-order valence-electron chi connectivity index (χ0n) is 17.0. The van der Waals surface area contributed by atoms with Crippen molar-refractivity contribution in [2.45, 2.75) is 40.3 Å². The van der Waals surface area contributed by atoms with Gasteiger partial charge in [-0.05, 0) is 43.5 Å². The molecule has 0 fully saturated rings. The Labute approximate surface area is 170 Å². The molecule has 6 heteroatoms. The molecule has 0 radical (unpaired) electrons. The maximum Gasteiger partial charge on any atom is 0.318 e. The lowest BCUT2D eigenvalue weighted by atomic mass is 10.0. The molecule has 0 unspecified atom stereocenters. The van der Waals surface area contributed by atoms with Crippen LogP contribution in [0.5, 0.6) is 0 Å². The van der Waals surface area contributed by atoms with E-state index >= 15 is 0 Å². The molecular weight excluding hydrogens is 369 g/mol. The van der Waals surface area contributed by atoms with Crippen molar-refractivity contribution in [3.63, 3.8) is 0 Å². The van der Waals surface area contributed by atoms with E-state index in [-0.39, 0.29) is 11.8 Å². The highest BCUT2D eigenvalue weighted by molar-refractivity contribution is 5.74. The van der Waals surface area contributed by atoms with Crippen LogP contribution >= 0.6 is 0 Å². The van der Waals surface area contributed by atoms with Crippen LogP contribution in [0.4, 0.5) is 9.18 Å². The maximum atomic E-state index is 13.2. The van der Waals surface area contributed by atoms with E-state index in [0.717, 1.165) is 23.1 Å². The largest absolute Gasteiger partial charge is 0.356 e. The second-order valence-corrected chi connectivity index (χ2v) is 7.22. The van der Waals surface area contributed by atoms with Gasteiger partial charge < -0.3 is 14.7 Å². The zero-order valence-corrected chi connectivity index (χ0v) is 17.0. The van der Waals surface area contributed by atoms with Gasteiger partial charge in [0.25, 0.3) is 0 Å². The summed E-state index contributed by atoms with van der Waals surface area (Å²) < 4.78 is 18.7. The van der Waals surface area contributed by atoms with Crippen LogP contribution < -0.4 is 5.32 Å². The van der Waals surface area contributed by atoms with Crippen LogP contribution in [0, 0.1) is 19.7 Å². The van der Waals surface area contributed by atoms with Crippen LogP contribution in [0.25, 0.3) is 11.3 Å². The quantitative estimate of drug-likeness (QED) is 0.597. The molecule has 2 amide bonds. The summed E-state index contributed by atoms with van der Waals surface area (Å²) in [6.45, 7) is 7.31. The van der Waals surface area contributed by atoms with Crippen LogP contribution in [0.15, 0.2) is 53.1 Å². The van der Waals surface area contributed by atoms with Crippen LogP contribution in [-0.4, -0.2) is 22.6 Å². The van der Waals surface area contributed by atoms with E-state index in [0.29, 0.717) is 31.1 Å². The Hall–Kier alpha value is -3.15. The van der Waals surface area contributed by atoms with Gasteiger partial charge in [-0.25, -0.2) is 9.18 Å². The monoisotopic (exact) mass is 395 g/mol. The Morgan fingerprint density at radius 2 is 1.86 bits per heavy atom. The third-order valence-electron chi connectivity index (χ3n) is 4.66. The van der Waals surface area contributed by atoms with E-state index in [9.17, 15) is 9.18 Å². The number of benzene rings is 2. The summed E-state index contributed by atoms with van der Waals surface area (Å²) in [4.78, 5) is 14.3. The van der Waals surface area contributed by atoms with E-state index in [2.05, 4.69) is 16.5 Å². The average molecular weight is 395 g/mol. The lowest BCUT2D eigenvalue weighted by molar-refractivity contribution is 0.190. The van der Waals surface area contributed by atoms with Crippen molar-refractivity contribution in [1.82, 2.24) is 15.4 Å². The molecule has 0 bridgehead atoms. The van der Waals surface area contributed by atoms with Crippen LogP contribution in [0.3, 0.4) is 0 Å². The topological polar surface area (TPSA) is 58.4 Å². The highest BCUT2D eigenvalue weighted by Gasteiger charge is 2.17. The molecule has 5 nitrogen and oxygen atoms in total. The Morgan fingerprint density at radius 1 is 1.10 bits per heavy atom. The number of carbonyl (C=O) groups excluding carboxylic acids is 1. The number of hydrogen-bond donors (Lipinski definition) is 1. The number of rotatable bonds is 7. The van der Waals surface area contributed by atoms with Gasteiger partial charge in [0, 0.05) is 24.7 Å². The predicted octanol–water partition coefficient (Wildman–Crippen LogP) is 5.22. The van der Waals surface area contributed by atoms with Crippen LogP contribution in [-0.2, 0) is 13.1 Å². The Bertz CT molecular complexity index is 967. The average Bonchev–Trinajstić information content (AvgIpc) is 3.15. The highest BCUT2D eigenvalue weighted by Crippen LogP contribution is 2.25. The minimum atomic E-state index is -0.301. The molecule has 0 spiro atoms. The van der Waals surface area contributed by atoms with Gasteiger partial charge in [0.2, 0.25) is 0 Å². The fraction of sp³-hybridized carbons (Fsp3) is 0.304. The number of amides is 2. The fourth-order valence-corrected chi connectivity index (χ4v) is 3.15. The second kappa shape index (κ2) is 9.37. The van der Waals surface area contributed by atoms with Crippen molar-refractivity contribution in [3.8, 4) is 11.3 Å². The van der Waals surface area contributed by atoms with Gasteiger partial charge in [-0.2, -0.15) is 0 Å². The lowest BCUT2D eigenvalue weighted by Gasteiger charge is -2.22. The zero-order chi connectivity index (χ0) is 20.8. The molecule has 1 heterocycles. The molecule has 0 aliphatic heterocycles. The molecule has 0 aliphatic rings. The number of nitrogens with zero attached hydrogens (tertiary/aromatic N) is 2. The number of carbonyl (C=O) groups is 1. The van der Waals surface area contributed by atoms with E-state index in [1.165, 1.54) is 17.7 Å². The van der Waals surface area contributed by atoms with Gasteiger partial charge >= 0.3 is 6.03 Å². The summed E-state index contributed by atoms with van der Waals surface area (Å²) in [6.07, 6.45) is 0.844. The van der Waals surface area contributed by atoms with Crippen molar-refractivity contribution in [1.29, 1.82) is 0 Å². The Balaban J connectivity index is 1.78. The first kappa shape index (κ1) is 20.6. The van der Waals surface area contributed by atoms with Crippen molar-refractivity contribution >= 4 is 6.03 Å². The molecule has 3 aromatic rings. The van der Waals surface area contributed by atoms with Gasteiger partial charge in [-0.15, -0.1) is 0 Å². The number of halogens is 1. The van der Waals surface area contributed by atoms with Gasteiger partial charge in [-0.1, -0.05) is 48.0 Å². The Morgan fingerprint density at radius 3 is 2.55 bits per heavy atom. The van der Waals surface area contributed by atoms with Crippen LogP contribution in [0.2, 0.25) is 0 Å². The standard InChI is InChI=1S/C23H26FN3O2/c1-4-11-25-23(28)27(14-18-6-8-19(24)9-7-18)15-20-13-22(29-26-20)21-10-5-16(2)12-17(21)3/h5-10,12-13H,4,11,14-15H2,1-3H3,(H,25,28). The first-order chi connectivity index (χ1) is 14.0. The molecule has 0 saturated carbocycles. The Kier molecular flexibility index (Phi) is 6.65. The third-order valence-corrected chi connectivity index (χ3v) is 4.66. The summed E-state index contributed by atoms with van der Waals surface area (Å²) in [5.41, 5.74) is 4.78. The lowest BCUT2D eigenvalue weighted by Crippen LogP contribution is -2.39. The van der Waals surface area contributed by atoms with E-state index in [4.69, 9.17) is 4.52 Å². The molecule has 1 aromatic heterocycles. The number of hydrogen-bond acceptors (Lipinski definition) is 3. The number of aryl methyl sites for hydroxylation is 2. The van der Waals surface area contributed by atoms with Crippen molar-refractivity contribution < 1.29 is 13.7 Å². The minimum Gasteiger partial charge on any atom is -0.356 e. The van der Waals surface area contributed by atoms with E-state index in [1.807, 2.05) is 39.0 Å².